The molecule has 0 spiro atoms. The third-order valence-electron chi connectivity index (χ3n) is 2.55. The van der Waals surface area contributed by atoms with Crippen molar-refractivity contribution >= 4 is 17.1 Å². The third kappa shape index (κ3) is 2.38. The Hall–Kier alpha value is -2.04. The van der Waals surface area contributed by atoms with Gasteiger partial charge >= 0.3 is 6.09 Å². The number of carbonyl (C=O) groups is 1. The molecular weight excluding hydrogens is 218 g/mol. The first-order chi connectivity index (χ1) is 8.22. The van der Waals surface area contributed by atoms with E-state index in [4.69, 9.17) is 4.74 Å². The Balaban J connectivity index is 2.14. The van der Waals surface area contributed by atoms with Crippen molar-refractivity contribution in [3.63, 3.8) is 0 Å². The number of nitrogens with one attached hydrogen (secondary N) is 1. The molecule has 2 aromatic rings. The molecule has 0 fully saturated rings. The van der Waals surface area contributed by atoms with Crippen molar-refractivity contribution in [1.29, 1.82) is 0 Å². The van der Waals surface area contributed by atoms with Gasteiger partial charge in [-0.2, -0.15) is 0 Å². The Morgan fingerprint density at radius 2 is 2.24 bits per heavy atom. The zero-order valence-corrected chi connectivity index (χ0v) is 9.93. The number of amides is 1. The summed E-state index contributed by atoms with van der Waals surface area (Å²) in [6.07, 6.45) is -0.417. The number of hydrogen-bond donors (Lipinski definition) is 1. The maximum atomic E-state index is 11.2. The number of aryl methyl sites for hydroxylation is 1. The summed E-state index contributed by atoms with van der Waals surface area (Å²) in [5.41, 5.74) is 1.98. The molecule has 1 N–H and O–H groups in total. The summed E-state index contributed by atoms with van der Waals surface area (Å²) < 4.78 is 6.75. The number of aromatic nitrogens is 2. The number of alkyl carbamates (subject to hydrolysis) is 1. The van der Waals surface area contributed by atoms with E-state index in [-0.39, 0.29) is 0 Å². The van der Waals surface area contributed by atoms with Crippen molar-refractivity contribution in [3.8, 4) is 0 Å². The molecule has 0 aliphatic rings. The van der Waals surface area contributed by atoms with Crippen LogP contribution in [-0.2, 0) is 18.3 Å². The Bertz CT molecular complexity index is 534. The fourth-order valence-electron chi connectivity index (χ4n) is 1.69. The smallest absolute Gasteiger partial charge is 0.407 e. The zero-order valence-electron chi connectivity index (χ0n) is 9.93. The summed E-state index contributed by atoms with van der Waals surface area (Å²) >= 11 is 0. The number of hydrogen-bond acceptors (Lipinski definition) is 3. The lowest BCUT2D eigenvalue weighted by Gasteiger charge is -2.05. The number of fused-ring (bicyclic) bond motifs is 1. The lowest BCUT2D eigenvalue weighted by Crippen LogP contribution is -2.25. The van der Waals surface area contributed by atoms with Gasteiger partial charge in [-0.1, -0.05) is 12.1 Å². The predicted molar refractivity (Wildman–Crippen MR) is 64.6 cm³/mol. The van der Waals surface area contributed by atoms with Crippen LogP contribution >= 0.6 is 0 Å². The highest BCUT2D eigenvalue weighted by atomic mass is 16.5. The van der Waals surface area contributed by atoms with Crippen molar-refractivity contribution in [2.75, 3.05) is 6.61 Å². The van der Waals surface area contributed by atoms with E-state index in [1.165, 1.54) is 0 Å². The van der Waals surface area contributed by atoms with Crippen LogP contribution in [0.25, 0.3) is 11.0 Å². The maximum Gasteiger partial charge on any atom is 0.407 e. The average Bonchev–Trinajstić information content (AvgIpc) is 2.65. The minimum Gasteiger partial charge on any atom is -0.450 e. The van der Waals surface area contributed by atoms with Gasteiger partial charge in [0.2, 0.25) is 0 Å². The summed E-state index contributed by atoms with van der Waals surface area (Å²) in [5, 5.41) is 2.66. The van der Waals surface area contributed by atoms with Gasteiger partial charge in [0.05, 0.1) is 24.2 Å². The number of carbonyl (C=O) groups excluding carboxylic acids is 1. The van der Waals surface area contributed by atoms with Gasteiger partial charge in [0.1, 0.15) is 5.82 Å². The normalized spacial score (nSPS) is 10.5. The quantitative estimate of drug-likeness (QED) is 0.879. The van der Waals surface area contributed by atoms with Gasteiger partial charge < -0.3 is 14.6 Å². The lowest BCUT2D eigenvalue weighted by molar-refractivity contribution is 0.151. The molecule has 5 nitrogen and oxygen atoms in total. The zero-order chi connectivity index (χ0) is 12.3. The van der Waals surface area contributed by atoms with Crippen LogP contribution in [0.15, 0.2) is 24.3 Å². The fraction of sp³-hybridized carbons (Fsp3) is 0.333. The summed E-state index contributed by atoms with van der Waals surface area (Å²) in [6.45, 7) is 2.51. The van der Waals surface area contributed by atoms with Crippen LogP contribution in [0.1, 0.15) is 12.7 Å². The van der Waals surface area contributed by atoms with Crippen molar-refractivity contribution in [1.82, 2.24) is 14.9 Å². The molecule has 0 bridgehead atoms. The summed E-state index contributed by atoms with van der Waals surface area (Å²) in [4.78, 5) is 15.6. The second kappa shape index (κ2) is 4.86. The molecule has 1 aromatic heterocycles. The molecule has 1 aromatic carbocycles. The van der Waals surface area contributed by atoms with E-state index in [0.29, 0.717) is 13.2 Å². The van der Waals surface area contributed by atoms with Gasteiger partial charge in [-0.15, -0.1) is 0 Å². The first-order valence-corrected chi connectivity index (χ1v) is 5.53. The monoisotopic (exact) mass is 233 g/mol. The number of benzene rings is 1. The first kappa shape index (κ1) is 11.4. The van der Waals surface area contributed by atoms with Crippen molar-refractivity contribution in [2.24, 2.45) is 7.05 Å². The highest BCUT2D eigenvalue weighted by Gasteiger charge is 2.08. The molecule has 0 radical (unpaired) electrons. The van der Waals surface area contributed by atoms with Gasteiger partial charge in [-0.3, -0.25) is 0 Å². The van der Waals surface area contributed by atoms with E-state index in [9.17, 15) is 4.79 Å². The number of para-hydroxylation sites is 2. The largest absolute Gasteiger partial charge is 0.450 e. The molecule has 1 heterocycles. The van der Waals surface area contributed by atoms with Gasteiger partial charge in [0, 0.05) is 7.05 Å². The molecule has 90 valence electrons. The van der Waals surface area contributed by atoms with Crippen LogP contribution in [0.2, 0.25) is 0 Å². The van der Waals surface area contributed by atoms with E-state index in [1.54, 1.807) is 6.92 Å². The first-order valence-electron chi connectivity index (χ1n) is 5.53. The minimum atomic E-state index is -0.417. The topological polar surface area (TPSA) is 56.1 Å². The van der Waals surface area contributed by atoms with Gasteiger partial charge in [0.15, 0.2) is 0 Å². The van der Waals surface area contributed by atoms with Crippen LogP contribution in [-0.4, -0.2) is 22.3 Å². The number of imidazole rings is 1. The lowest BCUT2D eigenvalue weighted by atomic mass is 10.3. The second-order valence-electron chi connectivity index (χ2n) is 3.65. The molecule has 5 heteroatoms. The molecule has 0 saturated heterocycles. The average molecular weight is 233 g/mol. The Kier molecular flexibility index (Phi) is 3.27. The molecule has 0 saturated carbocycles. The molecule has 2 rings (SSSR count). The van der Waals surface area contributed by atoms with E-state index in [0.717, 1.165) is 16.9 Å². The van der Waals surface area contributed by atoms with E-state index in [1.807, 2.05) is 35.9 Å². The van der Waals surface area contributed by atoms with Crippen LogP contribution in [0.4, 0.5) is 4.79 Å². The van der Waals surface area contributed by atoms with Crippen molar-refractivity contribution < 1.29 is 9.53 Å². The van der Waals surface area contributed by atoms with E-state index in [2.05, 4.69) is 10.3 Å². The molecule has 0 aliphatic heterocycles. The number of rotatable bonds is 3. The van der Waals surface area contributed by atoms with Crippen LogP contribution in [0.5, 0.6) is 0 Å². The second-order valence-corrected chi connectivity index (χ2v) is 3.65. The molecule has 0 aliphatic carbocycles. The van der Waals surface area contributed by atoms with Gasteiger partial charge in [0.25, 0.3) is 0 Å². The number of ether oxygens (including phenoxy) is 1. The molecule has 0 atom stereocenters. The highest BCUT2D eigenvalue weighted by molar-refractivity contribution is 5.76. The van der Waals surface area contributed by atoms with Crippen molar-refractivity contribution in [3.05, 3.63) is 30.1 Å². The van der Waals surface area contributed by atoms with E-state index >= 15 is 0 Å². The molecule has 17 heavy (non-hydrogen) atoms. The van der Waals surface area contributed by atoms with Gasteiger partial charge in [-0.05, 0) is 19.1 Å². The minimum absolute atomic E-state index is 0.365. The summed E-state index contributed by atoms with van der Waals surface area (Å²) in [5.74, 6) is 0.805. The molecule has 0 unspecified atom stereocenters. The van der Waals surface area contributed by atoms with Crippen LogP contribution < -0.4 is 5.32 Å². The standard InChI is InChI=1S/C12H15N3O2/c1-3-17-12(16)13-8-11-14-9-6-4-5-7-10(9)15(11)2/h4-7H,3,8H2,1-2H3,(H,13,16). The molecule has 1 amide bonds. The van der Waals surface area contributed by atoms with Gasteiger partial charge in [-0.25, -0.2) is 9.78 Å². The Labute approximate surface area is 99.4 Å². The Morgan fingerprint density at radius 1 is 1.47 bits per heavy atom. The predicted octanol–water partition coefficient (Wildman–Crippen LogP) is 1.82. The van der Waals surface area contributed by atoms with Crippen LogP contribution in [0.3, 0.4) is 0 Å². The molecular formula is C12H15N3O2. The third-order valence-corrected chi connectivity index (χ3v) is 2.55. The SMILES string of the molecule is CCOC(=O)NCc1nc2ccccc2n1C. The van der Waals surface area contributed by atoms with E-state index < -0.39 is 6.09 Å². The van der Waals surface area contributed by atoms with Crippen LogP contribution in [0, 0.1) is 0 Å². The van der Waals surface area contributed by atoms with Crippen molar-refractivity contribution in [2.45, 2.75) is 13.5 Å². The maximum absolute atomic E-state index is 11.2. The Morgan fingerprint density at radius 3 is 2.94 bits per heavy atom. The highest BCUT2D eigenvalue weighted by Crippen LogP contribution is 2.13. The number of nitrogens with zero attached hydrogens (tertiary/aromatic N) is 2. The summed E-state index contributed by atoms with van der Waals surface area (Å²) in [6, 6.07) is 7.85. The summed E-state index contributed by atoms with van der Waals surface area (Å²) in [7, 11) is 1.93. The fourth-order valence-corrected chi connectivity index (χ4v) is 1.69.